The van der Waals surface area contributed by atoms with Gasteiger partial charge in [0, 0.05) is 0 Å². The van der Waals surface area contributed by atoms with Gasteiger partial charge in [-0.2, -0.15) is 0 Å². The van der Waals surface area contributed by atoms with Gasteiger partial charge in [0.1, 0.15) is 5.82 Å². The van der Waals surface area contributed by atoms with Gasteiger partial charge >= 0.3 is 0 Å². The molecule has 90 valence electrons. The van der Waals surface area contributed by atoms with E-state index in [-0.39, 0.29) is 5.82 Å². The fourth-order valence-corrected chi connectivity index (χ4v) is 1.71. The molecule has 1 aromatic rings. The molecule has 2 heteroatoms. The van der Waals surface area contributed by atoms with Gasteiger partial charge in [0.05, 0.1) is 6.10 Å². The van der Waals surface area contributed by atoms with E-state index in [0.29, 0.717) is 17.4 Å². The smallest absolute Gasteiger partial charge is 0.123 e. The monoisotopic (exact) mass is 224 g/mol. The van der Waals surface area contributed by atoms with Crippen LogP contribution in [-0.2, 0) is 0 Å². The van der Waals surface area contributed by atoms with E-state index in [1.807, 2.05) is 0 Å². The maximum atomic E-state index is 12.9. The number of aliphatic hydroxyl groups is 1. The first-order valence-electron chi connectivity index (χ1n) is 5.82. The van der Waals surface area contributed by atoms with Gasteiger partial charge in [-0.3, -0.25) is 0 Å². The van der Waals surface area contributed by atoms with E-state index in [1.165, 1.54) is 12.1 Å². The number of rotatable bonds is 4. The minimum atomic E-state index is -0.543. The minimum Gasteiger partial charge on any atom is -0.388 e. The molecule has 0 heterocycles. The maximum absolute atomic E-state index is 12.9. The van der Waals surface area contributed by atoms with Crippen molar-refractivity contribution < 1.29 is 9.50 Å². The van der Waals surface area contributed by atoms with Gasteiger partial charge in [-0.05, 0) is 36.0 Å². The second-order valence-electron chi connectivity index (χ2n) is 5.52. The molecule has 0 fully saturated rings. The van der Waals surface area contributed by atoms with Gasteiger partial charge in [-0.25, -0.2) is 4.39 Å². The molecule has 16 heavy (non-hydrogen) atoms. The van der Waals surface area contributed by atoms with Crippen LogP contribution in [0.2, 0.25) is 0 Å². The molecule has 0 radical (unpaired) electrons. The fraction of sp³-hybridized carbons (Fsp3) is 0.571. The summed E-state index contributed by atoms with van der Waals surface area (Å²) in [7, 11) is 0. The molecule has 1 nitrogen and oxygen atoms in total. The van der Waals surface area contributed by atoms with Crippen LogP contribution < -0.4 is 0 Å². The number of halogens is 1. The molecule has 1 N–H and O–H groups in total. The highest BCUT2D eigenvalue weighted by atomic mass is 19.1. The number of hydrogen-bond donors (Lipinski definition) is 1. The zero-order valence-electron chi connectivity index (χ0n) is 10.3. The summed E-state index contributed by atoms with van der Waals surface area (Å²) in [4.78, 5) is 0. The Morgan fingerprint density at radius 3 is 2.56 bits per heavy atom. The van der Waals surface area contributed by atoms with Crippen molar-refractivity contribution >= 4 is 0 Å². The SMILES string of the molecule is CC(C)(C)CCC[C@H](O)c1cccc(F)c1. The van der Waals surface area contributed by atoms with Crippen LogP contribution in [0.25, 0.3) is 0 Å². The Bertz CT molecular complexity index is 328. The summed E-state index contributed by atoms with van der Waals surface area (Å²) in [5.74, 6) is -0.285. The highest BCUT2D eigenvalue weighted by molar-refractivity contribution is 5.18. The first kappa shape index (κ1) is 13.2. The molecule has 1 rings (SSSR count). The van der Waals surface area contributed by atoms with Crippen molar-refractivity contribution in [2.75, 3.05) is 0 Å². The van der Waals surface area contributed by atoms with Crippen molar-refractivity contribution in [1.82, 2.24) is 0 Å². The van der Waals surface area contributed by atoms with Crippen LogP contribution in [0, 0.1) is 11.2 Å². The van der Waals surface area contributed by atoms with Crippen LogP contribution in [0.5, 0.6) is 0 Å². The predicted octanol–water partition coefficient (Wildman–Crippen LogP) is 4.08. The van der Waals surface area contributed by atoms with Crippen LogP contribution in [0.1, 0.15) is 51.7 Å². The summed E-state index contributed by atoms with van der Waals surface area (Å²) < 4.78 is 12.9. The normalized spacial score (nSPS) is 13.8. The number of benzene rings is 1. The van der Waals surface area contributed by atoms with E-state index in [2.05, 4.69) is 20.8 Å². The summed E-state index contributed by atoms with van der Waals surface area (Å²) in [5.41, 5.74) is 0.968. The summed E-state index contributed by atoms with van der Waals surface area (Å²) >= 11 is 0. The van der Waals surface area contributed by atoms with Crippen LogP contribution in [0.4, 0.5) is 4.39 Å². The lowest BCUT2D eigenvalue weighted by Gasteiger charge is -2.19. The number of hydrogen-bond acceptors (Lipinski definition) is 1. The van der Waals surface area contributed by atoms with E-state index >= 15 is 0 Å². The van der Waals surface area contributed by atoms with Crippen molar-refractivity contribution in [1.29, 1.82) is 0 Å². The van der Waals surface area contributed by atoms with Crippen molar-refractivity contribution in [3.05, 3.63) is 35.6 Å². The topological polar surface area (TPSA) is 20.2 Å². The Hall–Kier alpha value is -0.890. The molecule has 1 atom stereocenters. The zero-order valence-corrected chi connectivity index (χ0v) is 10.3. The molecule has 0 spiro atoms. The predicted molar refractivity (Wildman–Crippen MR) is 64.7 cm³/mol. The van der Waals surface area contributed by atoms with Gasteiger partial charge in [0.25, 0.3) is 0 Å². The molecular formula is C14H21FO. The fourth-order valence-electron chi connectivity index (χ4n) is 1.71. The standard InChI is InChI=1S/C14H21FO/c1-14(2,3)9-5-8-13(16)11-6-4-7-12(15)10-11/h4,6-7,10,13,16H,5,8-9H2,1-3H3/t13-/m0/s1. The van der Waals surface area contributed by atoms with Gasteiger partial charge in [0.15, 0.2) is 0 Å². The van der Waals surface area contributed by atoms with Crippen molar-refractivity contribution in [3.8, 4) is 0 Å². The molecular weight excluding hydrogens is 203 g/mol. The van der Waals surface area contributed by atoms with E-state index in [0.717, 1.165) is 12.8 Å². The molecule has 0 aromatic heterocycles. The third kappa shape index (κ3) is 4.75. The average molecular weight is 224 g/mol. The molecule has 0 unspecified atom stereocenters. The van der Waals surface area contributed by atoms with Crippen molar-refractivity contribution in [2.45, 2.75) is 46.1 Å². The van der Waals surface area contributed by atoms with Crippen LogP contribution in [-0.4, -0.2) is 5.11 Å². The molecule has 0 aliphatic rings. The zero-order chi connectivity index (χ0) is 12.2. The lowest BCUT2D eigenvalue weighted by Crippen LogP contribution is -2.06. The summed E-state index contributed by atoms with van der Waals surface area (Å²) in [6, 6.07) is 6.20. The lowest BCUT2D eigenvalue weighted by molar-refractivity contribution is 0.157. The molecule has 0 bridgehead atoms. The van der Waals surface area contributed by atoms with Crippen molar-refractivity contribution in [2.24, 2.45) is 5.41 Å². The molecule has 0 aliphatic carbocycles. The highest BCUT2D eigenvalue weighted by Gasteiger charge is 2.12. The molecule has 0 saturated carbocycles. The minimum absolute atomic E-state index is 0.285. The van der Waals surface area contributed by atoms with Gasteiger partial charge in [-0.1, -0.05) is 39.3 Å². The van der Waals surface area contributed by atoms with Crippen LogP contribution in [0.15, 0.2) is 24.3 Å². The van der Waals surface area contributed by atoms with E-state index in [4.69, 9.17) is 0 Å². The van der Waals surface area contributed by atoms with Crippen LogP contribution >= 0.6 is 0 Å². The maximum Gasteiger partial charge on any atom is 0.123 e. The quantitative estimate of drug-likeness (QED) is 0.817. The third-order valence-electron chi connectivity index (χ3n) is 2.64. The Labute approximate surface area is 97.3 Å². The molecule has 0 aliphatic heterocycles. The highest BCUT2D eigenvalue weighted by Crippen LogP contribution is 2.26. The molecule has 1 aromatic carbocycles. The van der Waals surface area contributed by atoms with E-state index < -0.39 is 6.10 Å². The van der Waals surface area contributed by atoms with Gasteiger partial charge in [-0.15, -0.1) is 0 Å². The van der Waals surface area contributed by atoms with E-state index in [9.17, 15) is 9.50 Å². The number of aliphatic hydroxyl groups excluding tert-OH is 1. The van der Waals surface area contributed by atoms with Crippen molar-refractivity contribution in [3.63, 3.8) is 0 Å². The average Bonchev–Trinajstić information content (AvgIpc) is 2.15. The van der Waals surface area contributed by atoms with Gasteiger partial charge < -0.3 is 5.11 Å². The molecule has 0 amide bonds. The molecule has 0 saturated heterocycles. The first-order chi connectivity index (χ1) is 7.38. The Kier molecular flexibility index (Phi) is 4.48. The lowest BCUT2D eigenvalue weighted by atomic mass is 9.88. The summed E-state index contributed by atoms with van der Waals surface area (Å²) in [6.07, 6.45) is 2.18. The summed E-state index contributed by atoms with van der Waals surface area (Å²) in [6.45, 7) is 6.55. The van der Waals surface area contributed by atoms with E-state index in [1.54, 1.807) is 12.1 Å². The second-order valence-corrected chi connectivity index (χ2v) is 5.52. The third-order valence-corrected chi connectivity index (χ3v) is 2.64. The Morgan fingerprint density at radius 2 is 2.00 bits per heavy atom. The summed E-state index contributed by atoms with van der Waals surface area (Å²) in [5, 5.41) is 9.88. The Balaban J connectivity index is 2.44. The van der Waals surface area contributed by atoms with Crippen LogP contribution in [0.3, 0.4) is 0 Å². The first-order valence-corrected chi connectivity index (χ1v) is 5.82. The van der Waals surface area contributed by atoms with Gasteiger partial charge in [0.2, 0.25) is 0 Å². The largest absolute Gasteiger partial charge is 0.388 e. The second kappa shape index (κ2) is 5.44. The Morgan fingerprint density at radius 1 is 1.31 bits per heavy atom.